The Balaban J connectivity index is 1.89. The molecule has 2 aromatic carbocycles. The summed E-state index contributed by atoms with van der Waals surface area (Å²) in [4.78, 5) is 0.421. The molecule has 0 saturated carbocycles. The van der Waals surface area contributed by atoms with Crippen molar-refractivity contribution in [2.45, 2.75) is 44.3 Å². The molecule has 0 aliphatic rings. The Hall–Kier alpha value is -1.70. The highest BCUT2D eigenvalue weighted by molar-refractivity contribution is 7.83. The number of thiophene rings is 1. The van der Waals surface area contributed by atoms with Crippen LogP contribution in [0.1, 0.15) is 22.3 Å². The Morgan fingerprint density at radius 3 is 2.37 bits per heavy atom. The van der Waals surface area contributed by atoms with Gasteiger partial charge in [0.15, 0.2) is 0 Å². The van der Waals surface area contributed by atoms with Gasteiger partial charge in [-0.15, -0.1) is 11.3 Å². The quantitative estimate of drug-likeness (QED) is 0.581. The molecule has 0 radical (unpaired) electrons. The van der Waals surface area contributed by atoms with Crippen molar-refractivity contribution >= 4 is 32.4 Å². The van der Waals surface area contributed by atoms with Crippen molar-refractivity contribution in [1.29, 1.82) is 0 Å². The van der Waals surface area contributed by atoms with E-state index in [-0.39, 0.29) is 6.42 Å². The molecule has 2 nitrogen and oxygen atoms in total. The lowest BCUT2D eigenvalue weighted by Gasteiger charge is -2.22. The Bertz CT molecular complexity index is 971. The van der Waals surface area contributed by atoms with Crippen LogP contribution in [0.25, 0.3) is 10.1 Å². The highest BCUT2D eigenvalue weighted by Crippen LogP contribution is 2.31. The zero-order valence-electron chi connectivity index (χ0n) is 15.2. The number of nitrogens with one attached hydrogen (secondary N) is 1. The summed E-state index contributed by atoms with van der Waals surface area (Å²) in [6.45, 7) is 5.44. The fraction of sp³-hybridized carbons (Fsp3) is 0.300. The first-order valence-corrected chi connectivity index (χ1v) is 10.5. The van der Waals surface area contributed by atoms with Gasteiger partial charge in [-0.25, -0.2) is 8.93 Å². The maximum atomic E-state index is 13.7. The molecule has 27 heavy (non-hydrogen) atoms. The van der Waals surface area contributed by atoms with Crippen molar-refractivity contribution in [3.63, 3.8) is 0 Å². The maximum absolute atomic E-state index is 13.7. The molecule has 3 rings (SSSR count). The molecule has 0 saturated heterocycles. The van der Waals surface area contributed by atoms with Gasteiger partial charge in [0.2, 0.25) is 0 Å². The second-order valence-electron chi connectivity index (χ2n) is 6.67. The van der Waals surface area contributed by atoms with Gasteiger partial charge in [0.1, 0.15) is 17.0 Å². The summed E-state index contributed by atoms with van der Waals surface area (Å²) in [5, 5.41) is 2.56. The summed E-state index contributed by atoms with van der Waals surface area (Å²) in [5.74, 6) is 0. The molecule has 0 aliphatic carbocycles. The van der Waals surface area contributed by atoms with Crippen LogP contribution in [0, 0.1) is 20.8 Å². The standard InChI is InChI=1S/C20H20F3NOS2/c1-12-8-13(2)19(14(3)9-12)27(25)24-18(20(21,22)23)10-15-11-26-17-7-5-4-6-16(15)17/h4-9,11,18,24H,10H2,1-3H3. The van der Waals surface area contributed by atoms with Gasteiger partial charge in [-0.2, -0.15) is 13.2 Å². The predicted molar refractivity (Wildman–Crippen MR) is 106 cm³/mol. The van der Waals surface area contributed by atoms with E-state index < -0.39 is 23.2 Å². The lowest BCUT2D eigenvalue weighted by atomic mass is 10.1. The van der Waals surface area contributed by atoms with Gasteiger partial charge in [0.25, 0.3) is 0 Å². The molecule has 2 unspecified atom stereocenters. The van der Waals surface area contributed by atoms with Crippen LogP contribution in [0.4, 0.5) is 13.2 Å². The minimum atomic E-state index is -4.51. The molecule has 0 aliphatic heterocycles. The lowest BCUT2D eigenvalue weighted by Crippen LogP contribution is -2.44. The van der Waals surface area contributed by atoms with Gasteiger partial charge in [-0.05, 0) is 60.7 Å². The van der Waals surface area contributed by atoms with Crippen molar-refractivity contribution in [3.05, 3.63) is 64.0 Å². The van der Waals surface area contributed by atoms with E-state index in [1.165, 1.54) is 11.3 Å². The number of hydrogen-bond acceptors (Lipinski definition) is 2. The lowest BCUT2D eigenvalue weighted by molar-refractivity contribution is -0.150. The highest BCUT2D eigenvalue weighted by atomic mass is 32.2. The third-order valence-electron chi connectivity index (χ3n) is 4.42. The first-order valence-electron chi connectivity index (χ1n) is 8.44. The molecule has 1 heterocycles. The minimum absolute atomic E-state index is 0.261. The molecule has 144 valence electrons. The van der Waals surface area contributed by atoms with Crippen LogP contribution >= 0.6 is 11.3 Å². The Kier molecular flexibility index (Phi) is 5.74. The summed E-state index contributed by atoms with van der Waals surface area (Å²) in [5.41, 5.74) is 3.04. The first kappa shape index (κ1) is 20.0. The fourth-order valence-electron chi connectivity index (χ4n) is 3.28. The summed E-state index contributed by atoms with van der Waals surface area (Å²) in [6, 6.07) is 9.15. The fourth-order valence-corrected chi connectivity index (χ4v) is 5.55. The Morgan fingerprint density at radius 1 is 1.11 bits per heavy atom. The molecule has 3 aromatic rings. The van der Waals surface area contributed by atoms with Crippen LogP contribution in [0.3, 0.4) is 0 Å². The molecule has 0 spiro atoms. The highest BCUT2D eigenvalue weighted by Gasteiger charge is 2.41. The normalized spacial score (nSPS) is 14.4. The van der Waals surface area contributed by atoms with E-state index in [0.717, 1.165) is 26.8 Å². The van der Waals surface area contributed by atoms with Crippen LogP contribution in [0.5, 0.6) is 0 Å². The third-order valence-corrected chi connectivity index (χ3v) is 6.95. The Labute approximate surface area is 163 Å². The molecular weight excluding hydrogens is 391 g/mol. The van der Waals surface area contributed by atoms with Crippen LogP contribution in [-0.4, -0.2) is 16.4 Å². The van der Waals surface area contributed by atoms with E-state index in [4.69, 9.17) is 0 Å². The van der Waals surface area contributed by atoms with Gasteiger partial charge in [0, 0.05) is 4.70 Å². The second-order valence-corrected chi connectivity index (χ2v) is 8.76. The molecule has 0 bridgehead atoms. The van der Waals surface area contributed by atoms with Crippen LogP contribution in [0.15, 0.2) is 46.7 Å². The number of fused-ring (bicyclic) bond motifs is 1. The summed E-state index contributed by atoms with van der Waals surface area (Å²) >= 11 is 1.42. The monoisotopic (exact) mass is 411 g/mol. The van der Waals surface area contributed by atoms with Crippen molar-refractivity contribution in [1.82, 2.24) is 4.72 Å². The first-order chi connectivity index (χ1) is 12.7. The zero-order valence-corrected chi connectivity index (χ0v) is 16.8. The predicted octanol–water partition coefficient (Wildman–Crippen LogP) is 5.61. The average molecular weight is 412 g/mol. The van der Waals surface area contributed by atoms with Gasteiger partial charge in [-0.3, -0.25) is 0 Å². The van der Waals surface area contributed by atoms with E-state index in [9.17, 15) is 17.4 Å². The number of aryl methyl sites for hydroxylation is 3. The largest absolute Gasteiger partial charge is 0.405 e. The van der Waals surface area contributed by atoms with E-state index >= 15 is 0 Å². The number of benzene rings is 2. The van der Waals surface area contributed by atoms with E-state index in [0.29, 0.717) is 10.5 Å². The molecule has 0 fully saturated rings. The molecule has 0 amide bonds. The van der Waals surface area contributed by atoms with Crippen LogP contribution < -0.4 is 4.72 Å². The second kappa shape index (κ2) is 7.73. The Morgan fingerprint density at radius 2 is 1.74 bits per heavy atom. The average Bonchev–Trinajstić information content (AvgIpc) is 2.95. The molecule has 7 heteroatoms. The topological polar surface area (TPSA) is 29.1 Å². The molecule has 1 N–H and O–H groups in total. The number of alkyl halides is 3. The minimum Gasteiger partial charge on any atom is -0.237 e. The summed E-state index contributed by atoms with van der Waals surface area (Å²) in [6.07, 6.45) is -4.77. The van der Waals surface area contributed by atoms with Crippen LogP contribution in [-0.2, 0) is 17.4 Å². The zero-order chi connectivity index (χ0) is 19.8. The molecule has 2 atom stereocenters. The van der Waals surface area contributed by atoms with Crippen molar-refractivity contribution < 1.29 is 17.4 Å². The summed E-state index contributed by atoms with van der Waals surface area (Å²) in [7, 11) is -1.95. The summed E-state index contributed by atoms with van der Waals surface area (Å²) < 4.78 is 57.0. The molecular formula is C20H20F3NOS2. The number of halogens is 3. The van der Waals surface area contributed by atoms with E-state index in [1.54, 1.807) is 19.2 Å². The smallest absolute Gasteiger partial charge is 0.237 e. The van der Waals surface area contributed by atoms with Crippen molar-refractivity contribution in [2.24, 2.45) is 0 Å². The molecule has 1 aromatic heterocycles. The number of hydrogen-bond donors (Lipinski definition) is 1. The van der Waals surface area contributed by atoms with Gasteiger partial charge < -0.3 is 0 Å². The van der Waals surface area contributed by atoms with Crippen molar-refractivity contribution in [2.75, 3.05) is 0 Å². The van der Waals surface area contributed by atoms with Crippen LogP contribution in [0.2, 0.25) is 0 Å². The van der Waals surface area contributed by atoms with Gasteiger partial charge in [-0.1, -0.05) is 35.9 Å². The van der Waals surface area contributed by atoms with Crippen molar-refractivity contribution in [3.8, 4) is 0 Å². The third kappa shape index (κ3) is 4.42. The maximum Gasteiger partial charge on any atom is 0.405 e. The van der Waals surface area contributed by atoms with E-state index in [2.05, 4.69) is 4.72 Å². The SMILES string of the molecule is Cc1cc(C)c(S(=O)NC(Cc2csc3ccccc23)C(F)(F)F)c(C)c1. The van der Waals surface area contributed by atoms with Gasteiger partial charge >= 0.3 is 6.18 Å². The van der Waals surface area contributed by atoms with Gasteiger partial charge in [0.05, 0.1) is 4.90 Å². The number of rotatable bonds is 5. The van der Waals surface area contributed by atoms with E-state index in [1.807, 2.05) is 43.3 Å².